The molecule has 0 aromatic carbocycles. The molecule has 5 heterocycles. The Kier molecular flexibility index (Phi) is 27.4. The van der Waals surface area contributed by atoms with Gasteiger partial charge in [0.15, 0.2) is 12.1 Å². The zero-order chi connectivity index (χ0) is 59.6. The number of cyclic esters (lactones) is 1. The van der Waals surface area contributed by atoms with Crippen LogP contribution in [0.25, 0.3) is 0 Å². The van der Waals surface area contributed by atoms with Crippen molar-refractivity contribution < 1.29 is 110 Å². The number of allylic oxidation sites excluding steroid dienone is 12. The first-order valence-corrected chi connectivity index (χ1v) is 28.0. The van der Waals surface area contributed by atoms with Gasteiger partial charge in [0, 0.05) is 50.6 Å². The maximum atomic E-state index is 14.4. The molecule has 0 aliphatic carbocycles. The van der Waals surface area contributed by atoms with E-state index in [1.165, 1.54) is 17.9 Å². The Balaban J connectivity index is 1.42. The lowest BCUT2D eigenvalue weighted by Crippen LogP contribution is -2.69. The van der Waals surface area contributed by atoms with Crippen LogP contribution in [0.2, 0.25) is 0 Å². The molecule has 0 saturated carbocycles. The summed E-state index contributed by atoms with van der Waals surface area (Å²) in [5.41, 5.74) is 0. The zero-order valence-corrected chi connectivity index (χ0v) is 46.6. The molecule has 23 atom stereocenters. The van der Waals surface area contributed by atoms with E-state index in [2.05, 4.69) is 5.32 Å². The Morgan fingerprint density at radius 3 is 1.89 bits per heavy atom. The van der Waals surface area contributed by atoms with E-state index in [0.717, 1.165) is 0 Å². The Bertz CT molecular complexity index is 2140. The van der Waals surface area contributed by atoms with E-state index in [4.69, 9.17) is 28.4 Å². The van der Waals surface area contributed by atoms with Gasteiger partial charge < -0.3 is 110 Å². The highest BCUT2D eigenvalue weighted by Gasteiger charge is 2.53. The molecule has 5 aliphatic rings. The number of esters is 1. The number of hydrogen-bond donors (Lipinski definition) is 15. The van der Waals surface area contributed by atoms with Crippen LogP contribution in [-0.2, 0) is 38.0 Å². The summed E-state index contributed by atoms with van der Waals surface area (Å²) in [6.45, 7) is 6.27. The predicted molar refractivity (Wildman–Crippen MR) is 289 cm³/mol. The van der Waals surface area contributed by atoms with E-state index in [0.29, 0.717) is 0 Å². The fraction of sp³-hybridized carbons (Fsp3) is 0.719. The number of aliphatic hydroxyl groups is 14. The van der Waals surface area contributed by atoms with Crippen LogP contribution in [0.3, 0.4) is 0 Å². The quantitative estimate of drug-likeness (QED) is 0.127. The highest BCUT2D eigenvalue weighted by molar-refractivity contribution is 5.80. The Morgan fingerprint density at radius 2 is 1.26 bits per heavy atom. The summed E-state index contributed by atoms with van der Waals surface area (Å²) in [5.74, 6) is -8.22. The van der Waals surface area contributed by atoms with Gasteiger partial charge in [-0.2, -0.15) is 0 Å². The lowest BCUT2D eigenvalue weighted by Gasteiger charge is -2.47. The highest BCUT2D eigenvalue weighted by Crippen LogP contribution is 2.39. The molecular formula is C57H90N2O22. The number of carbonyl (C=O) groups excluding carboxylic acids is 2. The van der Waals surface area contributed by atoms with Crippen molar-refractivity contribution in [2.45, 2.75) is 201 Å². The van der Waals surface area contributed by atoms with Gasteiger partial charge in [0.25, 0.3) is 0 Å². The first kappa shape index (κ1) is 68.1. The zero-order valence-electron chi connectivity index (χ0n) is 46.6. The second-order valence-corrected chi connectivity index (χ2v) is 22.2. The average molecular weight is 1160 g/mol. The van der Waals surface area contributed by atoms with E-state index < -0.39 is 184 Å². The number of hydrogen-bond acceptors (Lipinski definition) is 23. The van der Waals surface area contributed by atoms with Gasteiger partial charge >= 0.3 is 5.97 Å². The minimum atomic E-state index is -2.46. The minimum Gasteiger partial charge on any atom is -0.462 e. The summed E-state index contributed by atoms with van der Waals surface area (Å²) >= 11 is 0. The third-order valence-electron chi connectivity index (χ3n) is 15.6. The van der Waals surface area contributed by atoms with Crippen molar-refractivity contribution in [1.82, 2.24) is 10.2 Å². The topological polar surface area (TPSA) is 388 Å². The summed E-state index contributed by atoms with van der Waals surface area (Å²) < 4.78 is 34.9. The number of nitrogens with zero attached hydrogens (tertiary/aromatic N) is 1. The molecule has 1 amide bonds. The number of morpholine rings is 1. The fourth-order valence-corrected chi connectivity index (χ4v) is 10.5. The fourth-order valence-electron chi connectivity index (χ4n) is 10.5. The van der Waals surface area contributed by atoms with Crippen molar-refractivity contribution in [2.75, 3.05) is 39.5 Å². The molecule has 0 radical (unpaired) electrons. The largest absolute Gasteiger partial charge is 0.462 e. The molecular weight excluding hydrogens is 1060 g/mol. The van der Waals surface area contributed by atoms with E-state index >= 15 is 0 Å². The maximum Gasteiger partial charge on any atom is 0.308 e. The van der Waals surface area contributed by atoms with E-state index in [1.54, 1.807) is 86.8 Å². The van der Waals surface area contributed by atoms with Crippen molar-refractivity contribution in [3.05, 3.63) is 85.1 Å². The van der Waals surface area contributed by atoms with E-state index in [9.17, 15) is 81.1 Å². The van der Waals surface area contributed by atoms with Crippen LogP contribution >= 0.6 is 0 Å². The van der Waals surface area contributed by atoms with Crippen LogP contribution < -0.4 is 5.32 Å². The van der Waals surface area contributed by atoms with Crippen LogP contribution in [-0.4, -0.2) is 249 Å². The van der Waals surface area contributed by atoms with Crippen LogP contribution in [0.1, 0.15) is 79.1 Å². The molecule has 0 aromatic heterocycles. The van der Waals surface area contributed by atoms with Crippen molar-refractivity contribution in [1.29, 1.82) is 0 Å². The third kappa shape index (κ3) is 20.5. The number of aliphatic hydroxyl groups excluding tert-OH is 12. The lowest BCUT2D eigenvalue weighted by molar-refractivity contribution is -0.323. The molecule has 5 rings (SSSR count). The molecule has 3 unspecified atom stereocenters. The third-order valence-corrected chi connectivity index (χ3v) is 15.6. The van der Waals surface area contributed by atoms with Crippen molar-refractivity contribution in [3.8, 4) is 0 Å². The van der Waals surface area contributed by atoms with Gasteiger partial charge in [-0.1, -0.05) is 98.9 Å². The van der Waals surface area contributed by atoms with Gasteiger partial charge in [-0.3, -0.25) is 9.59 Å². The smallest absolute Gasteiger partial charge is 0.308 e. The molecule has 460 valence electrons. The Hall–Kier alpha value is -3.68. The highest BCUT2D eigenvalue weighted by atomic mass is 16.7. The van der Waals surface area contributed by atoms with Crippen molar-refractivity contribution in [2.24, 2.45) is 17.8 Å². The van der Waals surface area contributed by atoms with Crippen molar-refractivity contribution >= 4 is 11.9 Å². The summed E-state index contributed by atoms with van der Waals surface area (Å²) in [6, 6.07) is -1.34. The minimum absolute atomic E-state index is 0.129. The van der Waals surface area contributed by atoms with Crippen LogP contribution in [0.4, 0.5) is 0 Å². The average Bonchev–Trinajstić information content (AvgIpc) is 3.52. The number of amides is 1. The van der Waals surface area contributed by atoms with Crippen LogP contribution in [0.15, 0.2) is 85.1 Å². The van der Waals surface area contributed by atoms with Gasteiger partial charge in [0.05, 0.1) is 112 Å². The predicted octanol–water partition coefficient (Wildman–Crippen LogP) is -2.08. The van der Waals surface area contributed by atoms with Gasteiger partial charge in [-0.15, -0.1) is 0 Å². The number of fused-ring (bicyclic) bond motifs is 2. The normalized spacial score (nSPS) is 45.8. The summed E-state index contributed by atoms with van der Waals surface area (Å²) in [7, 11) is 0. The molecule has 24 heteroatoms. The first-order valence-electron chi connectivity index (χ1n) is 28.0. The summed E-state index contributed by atoms with van der Waals surface area (Å²) in [5, 5.41) is 157. The monoisotopic (exact) mass is 1150 g/mol. The van der Waals surface area contributed by atoms with Gasteiger partial charge in [-0.25, -0.2) is 0 Å². The number of rotatable bonds is 6. The van der Waals surface area contributed by atoms with Gasteiger partial charge in [0.2, 0.25) is 11.7 Å². The second-order valence-electron chi connectivity index (χ2n) is 22.2. The molecule has 0 spiro atoms. The number of nitrogens with one attached hydrogen (secondary N) is 1. The van der Waals surface area contributed by atoms with Gasteiger partial charge in [-0.05, 0) is 33.1 Å². The molecule has 5 aliphatic heterocycles. The summed E-state index contributed by atoms with van der Waals surface area (Å²) in [6.07, 6.45) is -2.91. The molecule has 4 fully saturated rings. The van der Waals surface area contributed by atoms with Crippen LogP contribution in [0, 0.1) is 17.8 Å². The maximum absolute atomic E-state index is 14.4. The number of ether oxygens (including phenoxy) is 6. The molecule has 2 bridgehead atoms. The van der Waals surface area contributed by atoms with Crippen LogP contribution in [0.5, 0.6) is 0 Å². The van der Waals surface area contributed by atoms with E-state index in [-0.39, 0.29) is 57.9 Å². The van der Waals surface area contributed by atoms with E-state index in [1.807, 2.05) is 13.0 Å². The lowest BCUT2D eigenvalue weighted by atomic mass is 9.81. The Morgan fingerprint density at radius 1 is 0.654 bits per heavy atom. The van der Waals surface area contributed by atoms with Gasteiger partial charge in [0.1, 0.15) is 30.5 Å². The Labute approximate surface area is 473 Å². The molecule has 4 saturated heterocycles. The van der Waals surface area contributed by atoms with Crippen molar-refractivity contribution in [3.63, 3.8) is 0 Å². The number of carbonyl (C=O) groups is 2. The molecule has 24 nitrogen and oxygen atoms in total. The molecule has 15 N–H and O–H groups in total. The molecule has 81 heavy (non-hydrogen) atoms. The summed E-state index contributed by atoms with van der Waals surface area (Å²) in [4.78, 5) is 28.6. The standard InChI is InChI=1S/C57H90N2O22/c1-33-17-15-13-11-9-7-5-6-8-10-12-14-16-18-40(80-55-52(71)48(50(69)36(4)79-55)58-32-57(75)53(72)51(70)44(66)31-77-57)28-45-47(54(73)59-21-23-76-24-22-59)43(65)30-56(74,81-45)29-39(62)26-42(64)41(63)20-19-37(60)25-38(61)27-46(67)78-35(3)34(2)49(33)68/h5-18,33-45,47-53,55,58,60-66,68-72,74-75H,19-32H2,1-4H3/b6-5+,9-7+,10-8+,13-11+,14-12+,17-15-,18-16+/t33-,34?,35-,36+,37+,38+,39-,40-,41-,42+,43-,44+,45?,47?,48-,49+,50+,51-,52-,53-,55-,56+,57+/m0/s1. The first-order chi connectivity index (χ1) is 38.3. The SMILES string of the molecule is CC1[C@H](C)OC(=O)C[C@H](O)C[C@H](O)CC[C@H](O)[C@H](O)C[C@H](O)C[C@]2(O)C[C@H](O)C(C(=O)N3CCOCC3)C(C[C@@H](O[C@@H]3O[C@H](C)[C@@H](O)[C@H](NC[C@@]4(O)OC[C@@H](O)[C@H](O)[C@@H]4O)[C@@H]3O)/C=C/C=C/C=C/C=C/C=C/C=C/C=C\[C@H](C)[C@H]1O)O2. The molecule has 0 aromatic rings. The second kappa shape index (κ2) is 32.6.